The van der Waals surface area contributed by atoms with E-state index in [2.05, 4.69) is 36.3 Å². The van der Waals surface area contributed by atoms with Crippen LogP contribution in [0.5, 0.6) is 5.75 Å². The third kappa shape index (κ3) is 5.06. The highest BCUT2D eigenvalue weighted by Gasteiger charge is 2.12. The molecule has 5 heteroatoms. The smallest absolute Gasteiger partial charge is 0.270 e. The minimum atomic E-state index is -0.122. The molecule has 1 amide bonds. The predicted molar refractivity (Wildman–Crippen MR) is 94.2 cm³/mol. The number of ether oxygens (including phenoxy) is 1. The summed E-state index contributed by atoms with van der Waals surface area (Å²) in [6.07, 6.45) is 0.901. The Kier molecular flexibility index (Phi) is 6.16. The van der Waals surface area contributed by atoms with E-state index in [-0.39, 0.29) is 11.9 Å². The van der Waals surface area contributed by atoms with Crippen molar-refractivity contribution in [3.63, 3.8) is 0 Å². The van der Waals surface area contributed by atoms with Crippen LogP contribution in [0.4, 0.5) is 0 Å². The van der Waals surface area contributed by atoms with E-state index < -0.39 is 0 Å². The van der Waals surface area contributed by atoms with Crippen LogP contribution in [0.3, 0.4) is 0 Å². The fraction of sp³-hybridized carbons (Fsp3) is 0.444. The van der Waals surface area contributed by atoms with Gasteiger partial charge in [-0.2, -0.15) is 0 Å². The summed E-state index contributed by atoms with van der Waals surface area (Å²) in [5.41, 5.74) is 1.75. The van der Waals surface area contributed by atoms with Gasteiger partial charge in [-0.15, -0.1) is 11.3 Å². The molecule has 0 aliphatic rings. The van der Waals surface area contributed by atoms with Crippen LogP contribution in [0.2, 0.25) is 0 Å². The van der Waals surface area contributed by atoms with Crippen LogP contribution < -0.4 is 10.1 Å². The molecule has 0 radical (unpaired) electrons. The number of hydrogen-bond donors (Lipinski definition) is 1. The highest BCUT2D eigenvalue weighted by atomic mass is 32.1. The van der Waals surface area contributed by atoms with Gasteiger partial charge in [0.2, 0.25) is 0 Å². The molecule has 1 aromatic heterocycles. The van der Waals surface area contributed by atoms with Crippen molar-refractivity contribution in [2.75, 3.05) is 0 Å². The summed E-state index contributed by atoms with van der Waals surface area (Å²) < 4.78 is 5.74. The molecular formula is C18H24N2O2S. The van der Waals surface area contributed by atoms with Gasteiger partial charge in [-0.05, 0) is 37.0 Å². The molecule has 1 atom stereocenters. The van der Waals surface area contributed by atoms with Crippen LogP contribution in [0, 0.1) is 0 Å². The van der Waals surface area contributed by atoms with E-state index in [4.69, 9.17) is 4.74 Å². The van der Waals surface area contributed by atoms with Gasteiger partial charge in [0.05, 0.1) is 0 Å². The first-order valence-corrected chi connectivity index (χ1v) is 8.85. The second-order valence-electron chi connectivity index (χ2n) is 5.92. The van der Waals surface area contributed by atoms with Gasteiger partial charge in [0.15, 0.2) is 0 Å². The maximum atomic E-state index is 12.0. The van der Waals surface area contributed by atoms with Gasteiger partial charge in [-0.1, -0.05) is 32.9 Å². The Hall–Kier alpha value is -1.88. The standard InChI is InChI=1S/C18H24N2O2S/c1-5-13(4)19-18(21)16-11-23-17(20-16)10-22-15-8-6-14(7-9-15)12(2)3/h6-9,11-13H,5,10H2,1-4H3,(H,19,21). The van der Waals surface area contributed by atoms with Gasteiger partial charge in [0, 0.05) is 11.4 Å². The zero-order valence-electron chi connectivity index (χ0n) is 14.1. The molecule has 0 aliphatic carbocycles. The fourth-order valence-corrected chi connectivity index (χ4v) is 2.66. The van der Waals surface area contributed by atoms with Crippen molar-refractivity contribution in [3.8, 4) is 5.75 Å². The Labute approximate surface area is 141 Å². The monoisotopic (exact) mass is 332 g/mol. The molecule has 2 aromatic rings. The molecule has 0 aliphatic heterocycles. The van der Waals surface area contributed by atoms with Crippen LogP contribution in [-0.4, -0.2) is 16.9 Å². The number of nitrogens with one attached hydrogen (secondary N) is 1. The lowest BCUT2D eigenvalue weighted by Gasteiger charge is -2.09. The Morgan fingerprint density at radius 2 is 1.96 bits per heavy atom. The summed E-state index contributed by atoms with van der Waals surface area (Å²) in [6, 6.07) is 8.25. The Bertz CT molecular complexity index is 635. The average molecular weight is 332 g/mol. The van der Waals surface area contributed by atoms with Crippen molar-refractivity contribution in [2.24, 2.45) is 0 Å². The second kappa shape index (κ2) is 8.11. The lowest BCUT2D eigenvalue weighted by Crippen LogP contribution is -2.32. The summed E-state index contributed by atoms with van der Waals surface area (Å²) in [4.78, 5) is 16.3. The van der Waals surface area contributed by atoms with Crippen LogP contribution >= 0.6 is 11.3 Å². The van der Waals surface area contributed by atoms with Gasteiger partial charge >= 0.3 is 0 Å². The van der Waals surface area contributed by atoms with E-state index in [0.717, 1.165) is 17.2 Å². The topological polar surface area (TPSA) is 51.2 Å². The minimum Gasteiger partial charge on any atom is -0.486 e. The fourth-order valence-electron chi connectivity index (χ4n) is 1.98. The van der Waals surface area contributed by atoms with E-state index in [1.807, 2.05) is 26.0 Å². The number of amides is 1. The number of benzene rings is 1. The third-order valence-electron chi connectivity index (χ3n) is 3.68. The first-order valence-electron chi connectivity index (χ1n) is 7.97. The van der Waals surface area contributed by atoms with E-state index in [1.54, 1.807) is 5.38 Å². The quantitative estimate of drug-likeness (QED) is 0.819. The Morgan fingerprint density at radius 1 is 1.26 bits per heavy atom. The summed E-state index contributed by atoms with van der Waals surface area (Å²) in [6.45, 7) is 8.72. The van der Waals surface area contributed by atoms with E-state index >= 15 is 0 Å². The average Bonchev–Trinajstić information content (AvgIpc) is 3.02. The van der Waals surface area contributed by atoms with Crippen molar-refractivity contribution in [2.45, 2.75) is 52.7 Å². The predicted octanol–water partition coefficient (Wildman–Crippen LogP) is 4.37. The van der Waals surface area contributed by atoms with Gasteiger partial charge < -0.3 is 10.1 Å². The lowest BCUT2D eigenvalue weighted by molar-refractivity contribution is 0.0934. The molecule has 1 heterocycles. The van der Waals surface area contributed by atoms with Crippen molar-refractivity contribution < 1.29 is 9.53 Å². The maximum absolute atomic E-state index is 12.0. The van der Waals surface area contributed by atoms with Crippen molar-refractivity contribution >= 4 is 17.2 Å². The van der Waals surface area contributed by atoms with E-state index in [0.29, 0.717) is 18.2 Å². The van der Waals surface area contributed by atoms with Crippen LogP contribution in [0.1, 0.15) is 61.1 Å². The number of hydrogen-bond acceptors (Lipinski definition) is 4. The Balaban J connectivity index is 1.90. The molecule has 2 rings (SSSR count). The summed E-state index contributed by atoms with van der Waals surface area (Å²) in [7, 11) is 0. The minimum absolute atomic E-state index is 0.122. The first kappa shape index (κ1) is 17.5. The van der Waals surface area contributed by atoms with E-state index in [1.165, 1.54) is 16.9 Å². The molecule has 1 unspecified atom stereocenters. The van der Waals surface area contributed by atoms with Gasteiger partial charge in [0.1, 0.15) is 23.1 Å². The molecule has 0 spiro atoms. The molecule has 4 nitrogen and oxygen atoms in total. The molecule has 1 aromatic carbocycles. The number of rotatable bonds is 7. The molecule has 0 fully saturated rings. The number of thiazole rings is 1. The summed E-state index contributed by atoms with van der Waals surface area (Å²) >= 11 is 1.44. The molecule has 0 saturated heterocycles. The molecule has 0 bridgehead atoms. The number of aromatic nitrogens is 1. The number of carbonyl (C=O) groups excluding carboxylic acids is 1. The van der Waals surface area contributed by atoms with Crippen molar-refractivity contribution in [1.82, 2.24) is 10.3 Å². The second-order valence-corrected chi connectivity index (χ2v) is 6.86. The van der Waals surface area contributed by atoms with Crippen molar-refractivity contribution in [3.05, 3.63) is 45.9 Å². The zero-order valence-corrected chi connectivity index (χ0v) is 14.9. The highest BCUT2D eigenvalue weighted by Crippen LogP contribution is 2.20. The van der Waals surface area contributed by atoms with Crippen molar-refractivity contribution in [1.29, 1.82) is 0 Å². The third-order valence-corrected chi connectivity index (χ3v) is 4.51. The largest absolute Gasteiger partial charge is 0.486 e. The lowest BCUT2D eigenvalue weighted by atomic mass is 10.0. The summed E-state index contributed by atoms with van der Waals surface area (Å²) in [5.74, 6) is 1.20. The first-order chi connectivity index (χ1) is 11.0. The number of nitrogens with zero attached hydrogens (tertiary/aromatic N) is 1. The highest BCUT2D eigenvalue weighted by molar-refractivity contribution is 7.09. The Morgan fingerprint density at radius 3 is 2.57 bits per heavy atom. The van der Waals surface area contributed by atoms with E-state index in [9.17, 15) is 4.79 Å². The van der Waals surface area contributed by atoms with Crippen LogP contribution in [0.15, 0.2) is 29.6 Å². The molecular weight excluding hydrogens is 308 g/mol. The van der Waals surface area contributed by atoms with Gasteiger partial charge in [0.25, 0.3) is 5.91 Å². The van der Waals surface area contributed by atoms with Crippen LogP contribution in [0.25, 0.3) is 0 Å². The summed E-state index contributed by atoms with van der Waals surface area (Å²) in [5, 5.41) is 5.49. The SMILES string of the molecule is CCC(C)NC(=O)c1csc(COc2ccc(C(C)C)cc2)n1. The molecule has 124 valence electrons. The maximum Gasteiger partial charge on any atom is 0.270 e. The number of carbonyl (C=O) groups is 1. The van der Waals surface area contributed by atoms with Gasteiger partial charge in [-0.3, -0.25) is 4.79 Å². The molecule has 23 heavy (non-hydrogen) atoms. The molecule has 0 saturated carbocycles. The normalized spacial score (nSPS) is 12.2. The molecule has 1 N–H and O–H groups in total. The van der Waals surface area contributed by atoms with Gasteiger partial charge in [-0.25, -0.2) is 4.98 Å². The van der Waals surface area contributed by atoms with Crippen LogP contribution in [-0.2, 0) is 6.61 Å². The zero-order chi connectivity index (χ0) is 16.8.